The third-order valence-electron chi connectivity index (χ3n) is 13.0. The van der Waals surface area contributed by atoms with E-state index in [1.807, 2.05) is 0 Å². The van der Waals surface area contributed by atoms with E-state index in [4.69, 9.17) is 9.47 Å². The number of ether oxygens (including phenoxy) is 2. The minimum absolute atomic E-state index is 0.0264. The minimum atomic E-state index is -0.0264. The predicted molar refractivity (Wildman–Crippen MR) is 260 cm³/mol. The van der Waals surface area contributed by atoms with Gasteiger partial charge in [-0.05, 0) is 76.3 Å². The number of rotatable bonds is 50. The summed E-state index contributed by atoms with van der Waals surface area (Å²) < 4.78 is 11.7. The lowest BCUT2D eigenvalue weighted by molar-refractivity contribution is -0.146. The average molecular weight is 850 g/mol. The van der Waals surface area contributed by atoms with Gasteiger partial charge in [-0.15, -0.1) is 0 Å². The molecule has 6 nitrogen and oxygen atoms in total. The van der Waals surface area contributed by atoms with Crippen LogP contribution in [-0.4, -0.2) is 61.4 Å². The zero-order valence-electron chi connectivity index (χ0n) is 41.2. The highest BCUT2D eigenvalue weighted by Crippen LogP contribution is 2.22. The normalized spacial score (nSPS) is 12.6. The Labute approximate surface area is 375 Å². The van der Waals surface area contributed by atoms with E-state index < -0.39 is 0 Å². The first kappa shape index (κ1) is 58.9. The number of aliphatic hydroxyl groups is 1. The molecule has 0 rings (SSSR count). The van der Waals surface area contributed by atoms with Gasteiger partial charge in [0.1, 0.15) is 0 Å². The summed E-state index contributed by atoms with van der Waals surface area (Å²) in [5.74, 6) is 0.974. The molecule has 0 aromatic heterocycles. The molecule has 0 aliphatic rings. The summed E-state index contributed by atoms with van der Waals surface area (Å²) in [5, 5.41) is 9.68. The largest absolute Gasteiger partial charge is 0.465 e. The summed E-state index contributed by atoms with van der Waals surface area (Å²) in [6.07, 6.45) is 48.8. The van der Waals surface area contributed by atoms with E-state index in [1.54, 1.807) is 0 Å². The first-order chi connectivity index (χ1) is 29.5. The summed E-state index contributed by atoms with van der Waals surface area (Å²) in [6, 6.07) is 0. The maximum atomic E-state index is 12.7. The monoisotopic (exact) mass is 850 g/mol. The van der Waals surface area contributed by atoms with Crippen molar-refractivity contribution in [3.63, 3.8) is 0 Å². The zero-order chi connectivity index (χ0) is 43.8. The molecule has 0 saturated carbocycles. The van der Waals surface area contributed by atoms with Crippen LogP contribution in [0.2, 0.25) is 0 Å². The number of hydrogen-bond donors (Lipinski definition) is 1. The highest BCUT2D eigenvalue weighted by atomic mass is 16.5. The summed E-state index contributed by atoms with van der Waals surface area (Å²) in [4.78, 5) is 27.7. The van der Waals surface area contributed by atoms with Crippen molar-refractivity contribution < 1.29 is 24.2 Å². The van der Waals surface area contributed by atoms with Crippen LogP contribution in [0.25, 0.3) is 0 Å². The van der Waals surface area contributed by atoms with Gasteiger partial charge in [0.25, 0.3) is 0 Å². The first-order valence-electron chi connectivity index (χ1n) is 27.1. The molecule has 2 atom stereocenters. The van der Waals surface area contributed by atoms with Crippen molar-refractivity contribution in [2.45, 2.75) is 285 Å². The number of esters is 2. The summed E-state index contributed by atoms with van der Waals surface area (Å²) >= 11 is 0. The standard InChI is InChI=1S/C54H107NO5/c1-5-9-13-17-21-23-27-33-41-51(39-31-25-19-15-11-7-3)49-59-53(57)43-35-29-37-45-55(47-48-56)46-38-30-36-44-54(58)60-50-52(40-32-26-20-16-12-8-4)42-34-28-24-22-18-14-10-6-2/h51-52,56H,5-50H2,1-4H3. The highest BCUT2D eigenvalue weighted by Gasteiger charge is 2.14. The third-order valence-corrected chi connectivity index (χ3v) is 13.0. The van der Waals surface area contributed by atoms with Crippen molar-refractivity contribution in [2.75, 3.05) is 39.5 Å². The van der Waals surface area contributed by atoms with Crippen molar-refractivity contribution in [2.24, 2.45) is 11.8 Å². The van der Waals surface area contributed by atoms with E-state index in [2.05, 4.69) is 32.6 Å². The molecule has 2 unspecified atom stereocenters. The Kier molecular flexibility index (Phi) is 48.0. The smallest absolute Gasteiger partial charge is 0.305 e. The fourth-order valence-electron chi connectivity index (χ4n) is 8.79. The molecule has 358 valence electrons. The van der Waals surface area contributed by atoms with Crippen LogP contribution in [0.5, 0.6) is 0 Å². The topological polar surface area (TPSA) is 76.1 Å². The molecule has 0 spiro atoms. The fraction of sp³-hybridized carbons (Fsp3) is 0.963. The molecule has 0 aromatic carbocycles. The molecular weight excluding hydrogens is 743 g/mol. The van der Waals surface area contributed by atoms with Gasteiger partial charge in [0.15, 0.2) is 0 Å². The number of nitrogens with zero attached hydrogens (tertiary/aromatic N) is 1. The number of carbonyl (C=O) groups excluding carboxylic acids is 2. The van der Waals surface area contributed by atoms with Crippen LogP contribution in [0, 0.1) is 11.8 Å². The van der Waals surface area contributed by atoms with Crippen LogP contribution in [0.1, 0.15) is 285 Å². The van der Waals surface area contributed by atoms with Gasteiger partial charge in [-0.2, -0.15) is 0 Å². The second-order valence-corrected chi connectivity index (χ2v) is 18.9. The van der Waals surface area contributed by atoms with Gasteiger partial charge in [-0.1, -0.05) is 220 Å². The molecule has 6 heteroatoms. The van der Waals surface area contributed by atoms with Crippen LogP contribution < -0.4 is 0 Å². The number of unbranched alkanes of at least 4 members (excludes halogenated alkanes) is 28. The van der Waals surface area contributed by atoms with E-state index in [0.29, 0.717) is 44.4 Å². The second-order valence-electron chi connectivity index (χ2n) is 18.9. The first-order valence-corrected chi connectivity index (χ1v) is 27.1. The molecule has 0 amide bonds. The lowest BCUT2D eigenvalue weighted by atomic mass is 9.94. The molecule has 0 bridgehead atoms. The Bertz CT molecular complexity index is 801. The molecular formula is C54H107NO5. The van der Waals surface area contributed by atoms with Crippen LogP contribution in [0.4, 0.5) is 0 Å². The number of hydrogen-bond acceptors (Lipinski definition) is 6. The van der Waals surface area contributed by atoms with Gasteiger partial charge in [0, 0.05) is 19.4 Å². The summed E-state index contributed by atoms with van der Waals surface area (Å²) in [7, 11) is 0. The Morgan fingerprint density at radius 3 is 0.917 bits per heavy atom. The van der Waals surface area contributed by atoms with Gasteiger partial charge in [0.2, 0.25) is 0 Å². The quantitative estimate of drug-likeness (QED) is 0.0485. The van der Waals surface area contributed by atoms with Gasteiger partial charge >= 0.3 is 11.9 Å². The fourth-order valence-corrected chi connectivity index (χ4v) is 8.79. The molecule has 1 N–H and O–H groups in total. The lowest BCUT2D eigenvalue weighted by Crippen LogP contribution is -2.29. The van der Waals surface area contributed by atoms with E-state index in [1.165, 1.54) is 205 Å². The van der Waals surface area contributed by atoms with Gasteiger partial charge in [-0.3, -0.25) is 9.59 Å². The van der Waals surface area contributed by atoms with Gasteiger partial charge in [-0.25, -0.2) is 0 Å². The molecule has 0 aliphatic carbocycles. The molecule has 0 aliphatic heterocycles. The molecule has 0 aromatic rings. The maximum Gasteiger partial charge on any atom is 0.305 e. The summed E-state index contributed by atoms with van der Waals surface area (Å²) in [6.45, 7) is 13.0. The predicted octanol–water partition coefficient (Wildman–Crippen LogP) is 16.3. The molecule has 0 saturated heterocycles. The Morgan fingerprint density at radius 1 is 0.367 bits per heavy atom. The summed E-state index contributed by atoms with van der Waals surface area (Å²) in [5.41, 5.74) is 0. The van der Waals surface area contributed by atoms with Crippen LogP contribution in [0.3, 0.4) is 0 Å². The Balaban J connectivity index is 4.35. The van der Waals surface area contributed by atoms with Crippen molar-refractivity contribution in [1.82, 2.24) is 4.90 Å². The van der Waals surface area contributed by atoms with E-state index in [9.17, 15) is 14.7 Å². The van der Waals surface area contributed by atoms with Crippen LogP contribution >= 0.6 is 0 Å². The highest BCUT2D eigenvalue weighted by molar-refractivity contribution is 5.69. The van der Waals surface area contributed by atoms with Gasteiger partial charge in [0.05, 0.1) is 19.8 Å². The Morgan fingerprint density at radius 2 is 0.633 bits per heavy atom. The molecule has 0 heterocycles. The average Bonchev–Trinajstić information content (AvgIpc) is 3.25. The van der Waals surface area contributed by atoms with Crippen molar-refractivity contribution in [1.29, 1.82) is 0 Å². The zero-order valence-corrected chi connectivity index (χ0v) is 41.2. The molecule has 0 radical (unpaired) electrons. The number of aliphatic hydroxyl groups excluding tert-OH is 1. The van der Waals surface area contributed by atoms with E-state index in [0.717, 1.165) is 51.6 Å². The van der Waals surface area contributed by atoms with Crippen LogP contribution in [0.15, 0.2) is 0 Å². The Hall–Kier alpha value is -1.14. The minimum Gasteiger partial charge on any atom is -0.465 e. The van der Waals surface area contributed by atoms with Crippen molar-refractivity contribution in [3.8, 4) is 0 Å². The molecule has 0 fully saturated rings. The van der Waals surface area contributed by atoms with Crippen molar-refractivity contribution >= 4 is 11.9 Å². The lowest BCUT2D eigenvalue weighted by Gasteiger charge is -2.21. The van der Waals surface area contributed by atoms with Crippen LogP contribution in [-0.2, 0) is 19.1 Å². The van der Waals surface area contributed by atoms with Crippen molar-refractivity contribution in [3.05, 3.63) is 0 Å². The maximum absolute atomic E-state index is 12.7. The van der Waals surface area contributed by atoms with E-state index >= 15 is 0 Å². The SMILES string of the molecule is CCCCCCCCCCC(CCCCCCCC)COC(=O)CCCCCN(CCO)CCCCCC(=O)OCC(CCCCCCCC)CCCCCCCCCC. The number of carbonyl (C=O) groups is 2. The third kappa shape index (κ3) is 43.5. The van der Waals surface area contributed by atoms with E-state index in [-0.39, 0.29) is 18.5 Å². The second kappa shape index (κ2) is 48.9. The molecule has 60 heavy (non-hydrogen) atoms. The van der Waals surface area contributed by atoms with Gasteiger partial charge < -0.3 is 19.5 Å².